The second-order valence-corrected chi connectivity index (χ2v) is 7.27. The zero-order valence-electron chi connectivity index (χ0n) is 17.7. The van der Waals surface area contributed by atoms with Crippen molar-refractivity contribution in [3.63, 3.8) is 0 Å². The first-order valence-corrected chi connectivity index (χ1v) is 10.6. The number of halogens is 3. The highest BCUT2D eigenvalue weighted by atomic mass is 127. The van der Waals surface area contributed by atoms with Gasteiger partial charge in [0.2, 0.25) is 0 Å². The molecule has 0 aliphatic carbocycles. The highest BCUT2D eigenvalue weighted by Gasteiger charge is 2.16. The Balaban J connectivity index is 0.00000363. The predicted molar refractivity (Wildman–Crippen MR) is 134 cm³/mol. The Labute approximate surface area is 207 Å². The van der Waals surface area contributed by atoms with E-state index in [0.29, 0.717) is 24.7 Å². The maximum absolute atomic E-state index is 12.9. The minimum absolute atomic E-state index is 0. The minimum atomic E-state index is -2.94. The van der Waals surface area contributed by atoms with Crippen molar-refractivity contribution in [2.75, 3.05) is 13.7 Å². The zero-order chi connectivity index (χ0) is 22.1. The third-order valence-electron chi connectivity index (χ3n) is 4.27. The van der Waals surface area contributed by atoms with Gasteiger partial charge in [-0.2, -0.15) is 8.78 Å². The number of hydrogen-bond donors (Lipinski definition) is 2. The number of benzene rings is 2. The summed E-state index contributed by atoms with van der Waals surface area (Å²) in [6.45, 7) is -0.100. The lowest BCUT2D eigenvalue weighted by Crippen LogP contribution is -2.36. The van der Waals surface area contributed by atoms with E-state index in [9.17, 15) is 8.78 Å². The monoisotopic (exact) mass is 574 g/mol. The van der Waals surface area contributed by atoms with Crippen LogP contribution in [-0.2, 0) is 13.1 Å². The lowest BCUT2D eigenvalue weighted by atomic mass is 10.2. The fourth-order valence-electron chi connectivity index (χ4n) is 2.88. The van der Waals surface area contributed by atoms with Crippen LogP contribution in [0.15, 0.2) is 58.9 Å². The summed E-state index contributed by atoms with van der Waals surface area (Å²) in [5.41, 5.74) is 2.52. The van der Waals surface area contributed by atoms with E-state index in [4.69, 9.17) is 9.47 Å². The van der Waals surface area contributed by atoms with Crippen LogP contribution in [0.4, 0.5) is 8.78 Å². The molecule has 1 heterocycles. The molecule has 0 radical (unpaired) electrons. The number of nitrogens with zero attached hydrogens (tertiary/aromatic N) is 2. The summed E-state index contributed by atoms with van der Waals surface area (Å²) in [7, 11) is 1.64. The van der Waals surface area contributed by atoms with Crippen LogP contribution in [0.5, 0.6) is 11.5 Å². The molecule has 2 N–H and O–H groups in total. The molecular formula is C22H25F2IN4O2S. The van der Waals surface area contributed by atoms with Gasteiger partial charge in [-0.3, -0.25) is 4.99 Å². The summed E-state index contributed by atoms with van der Waals surface area (Å²) in [5, 5.41) is 9.21. The third kappa shape index (κ3) is 7.30. The summed E-state index contributed by atoms with van der Waals surface area (Å²) < 4.78 is 35.9. The van der Waals surface area contributed by atoms with E-state index in [1.165, 1.54) is 0 Å². The van der Waals surface area contributed by atoms with Gasteiger partial charge in [0.15, 0.2) is 17.5 Å². The van der Waals surface area contributed by atoms with E-state index in [2.05, 4.69) is 20.6 Å². The van der Waals surface area contributed by atoms with Crippen LogP contribution < -0.4 is 20.1 Å². The van der Waals surface area contributed by atoms with Crippen molar-refractivity contribution in [1.82, 2.24) is 15.6 Å². The molecule has 0 spiro atoms. The van der Waals surface area contributed by atoms with E-state index in [0.717, 1.165) is 16.3 Å². The van der Waals surface area contributed by atoms with Gasteiger partial charge in [0.1, 0.15) is 5.01 Å². The van der Waals surface area contributed by atoms with Crippen molar-refractivity contribution in [3.8, 4) is 22.8 Å². The molecule has 0 atom stereocenters. The van der Waals surface area contributed by atoms with Crippen molar-refractivity contribution in [2.45, 2.75) is 26.6 Å². The number of aromatic nitrogens is 1. The Hall–Kier alpha value is -2.47. The molecule has 0 bridgehead atoms. The van der Waals surface area contributed by atoms with Crippen LogP contribution in [0.25, 0.3) is 11.3 Å². The van der Waals surface area contributed by atoms with Crippen LogP contribution >= 0.6 is 35.3 Å². The first kappa shape index (κ1) is 25.8. The molecule has 0 amide bonds. The molecule has 32 heavy (non-hydrogen) atoms. The average Bonchev–Trinajstić information content (AvgIpc) is 3.25. The third-order valence-corrected chi connectivity index (χ3v) is 5.11. The fraction of sp³-hybridized carbons (Fsp3) is 0.273. The van der Waals surface area contributed by atoms with Crippen LogP contribution in [-0.4, -0.2) is 31.2 Å². The standard InChI is InChI=1S/C22H24F2N4O2S.HI/c1-3-29-18-11-7-10-16(20(18)30-21(23)24)12-26-22(25-2)27-13-19-28-17(14-31-19)15-8-5-4-6-9-15;/h4-11,14,21H,3,12-13H2,1-2H3,(H2,25,26,27);1H. The van der Waals surface area contributed by atoms with Gasteiger partial charge in [-0.25, -0.2) is 4.98 Å². The Morgan fingerprint density at radius 2 is 1.84 bits per heavy atom. The number of para-hydroxylation sites is 1. The molecule has 3 rings (SSSR count). The number of ether oxygens (including phenoxy) is 2. The van der Waals surface area contributed by atoms with Gasteiger partial charge in [-0.1, -0.05) is 42.5 Å². The van der Waals surface area contributed by atoms with Gasteiger partial charge in [-0.05, 0) is 13.0 Å². The summed E-state index contributed by atoms with van der Waals surface area (Å²) in [5.74, 6) is 0.817. The number of alkyl halides is 2. The molecule has 3 aromatic rings. The van der Waals surface area contributed by atoms with Crippen LogP contribution in [0.1, 0.15) is 17.5 Å². The number of rotatable bonds is 9. The smallest absolute Gasteiger partial charge is 0.387 e. The Kier molecular flexibility index (Phi) is 10.6. The second kappa shape index (κ2) is 13.2. The van der Waals surface area contributed by atoms with E-state index >= 15 is 0 Å². The van der Waals surface area contributed by atoms with Crippen LogP contribution in [0, 0.1) is 0 Å². The van der Waals surface area contributed by atoms with Crippen molar-refractivity contribution in [1.29, 1.82) is 0 Å². The SMILES string of the molecule is CCOc1cccc(CNC(=NC)NCc2nc(-c3ccccc3)cs2)c1OC(F)F.I. The van der Waals surface area contributed by atoms with E-state index in [-0.39, 0.29) is 42.0 Å². The number of guanidine groups is 1. The average molecular weight is 574 g/mol. The topological polar surface area (TPSA) is 67.8 Å². The molecular weight excluding hydrogens is 549 g/mol. The predicted octanol–water partition coefficient (Wildman–Crippen LogP) is 5.29. The highest BCUT2D eigenvalue weighted by Crippen LogP contribution is 2.32. The van der Waals surface area contributed by atoms with Gasteiger partial charge in [0.05, 0.1) is 18.8 Å². The van der Waals surface area contributed by atoms with Crippen LogP contribution in [0.2, 0.25) is 0 Å². The summed E-state index contributed by atoms with van der Waals surface area (Å²) in [6.07, 6.45) is 0. The van der Waals surface area contributed by atoms with Gasteiger partial charge >= 0.3 is 6.61 Å². The molecule has 172 valence electrons. The second-order valence-electron chi connectivity index (χ2n) is 6.33. The number of aliphatic imine (C=N–C) groups is 1. The zero-order valence-corrected chi connectivity index (χ0v) is 20.8. The maximum Gasteiger partial charge on any atom is 0.387 e. The molecule has 0 aliphatic rings. The van der Waals surface area contributed by atoms with Gasteiger partial charge < -0.3 is 20.1 Å². The van der Waals surface area contributed by atoms with Gasteiger partial charge in [-0.15, -0.1) is 35.3 Å². The molecule has 0 fully saturated rings. The Bertz CT molecular complexity index is 1000. The summed E-state index contributed by atoms with van der Waals surface area (Å²) >= 11 is 1.55. The lowest BCUT2D eigenvalue weighted by Gasteiger charge is -2.17. The lowest BCUT2D eigenvalue weighted by molar-refractivity contribution is -0.0520. The Morgan fingerprint density at radius 3 is 2.53 bits per heavy atom. The Morgan fingerprint density at radius 1 is 1.09 bits per heavy atom. The minimum Gasteiger partial charge on any atom is -0.490 e. The first-order valence-electron chi connectivity index (χ1n) is 9.74. The normalized spacial score (nSPS) is 11.1. The summed E-state index contributed by atoms with van der Waals surface area (Å²) in [6, 6.07) is 15.0. The number of thiazole rings is 1. The van der Waals surface area contributed by atoms with E-state index in [1.54, 1.807) is 43.5 Å². The van der Waals surface area contributed by atoms with Crippen molar-refractivity contribution in [2.24, 2.45) is 4.99 Å². The first-order chi connectivity index (χ1) is 15.1. The number of hydrogen-bond acceptors (Lipinski definition) is 5. The quantitative estimate of drug-likeness (QED) is 0.207. The maximum atomic E-state index is 12.9. The van der Waals surface area contributed by atoms with Crippen molar-refractivity contribution < 1.29 is 18.3 Å². The molecule has 0 saturated heterocycles. The van der Waals surface area contributed by atoms with Gasteiger partial charge in [0.25, 0.3) is 0 Å². The van der Waals surface area contributed by atoms with Crippen molar-refractivity contribution in [3.05, 3.63) is 64.5 Å². The van der Waals surface area contributed by atoms with E-state index in [1.807, 2.05) is 35.7 Å². The highest BCUT2D eigenvalue weighted by molar-refractivity contribution is 14.0. The molecule has 1 aromatic heterocycles. The van der Waals surface area contributed by atoms with Gasteiger partial charge in [0, 0.05) is 30.1 Å². The number of nitrogens with one attached hydrogen (secondary N) is 2. The molecule has 0 saturated carbocycles. The van der Waals surface area contributed by atoms with Crippen molar-refractivity contribution >= 4 is 41.3 Å². The summed E-state index contributed by atoms with van der Waals surface area (Å²) in [4.78, 5) is 8.82. The van der Waals surface area contributed by atoms with Crippen LogP contribution in [0.3, 0.4) is 0 Å². The van der Waals surface area contributed by atoms with E-state index < -0.39 is 6.61 Å². The molecule has 2 aromatic carbocycles. The largest absolute Gasteiger partial charge is 0.490 e. The molecule has 10 heteroatoms. The molecule has 0 unspecified atom stereocenters. The fourth-order valence-corrected chi connectivity index (χ4v) is 3.63. The molecule has 6 nitrogen and oxygen atoms in total. The molecule has 0 aliphatic heterocycles.